The molecule has 0 aliphatic heterocycles. The summed E-state index contributed by atoms with van der Waals surface area (Å²) in [4.78, 5) is 25.5. The lowest BCUT2D eigenvalue weighted by Crippen LogP contribution is -2.37. The third kappa shape index (κ3) is 5.37. The van der Waals surface area contributed by atoms with Gasteiger partial charge >= 0.3 is 0 Å². The van der Waals surface area contributed by atoms with Crippen molar-refractivity contribution in [2.24, 2.45) is 5.73 Å². The molecular weight excluding hydrogens is 320 g/mol. The molecule has 2 N–H and O–H groups in total. The van der Waals surface area contributed by atoms with E-state index in [0.29, 0.717) is 12.4 Å². The molecule has 134 valence electrons. The second-order valence-corrected chi connectivity index (χ2v) is 6.93. The molecule has 0 spiro atoms. The summed E-state index contributed by atoms with van der Waals surface area (Å²) < 4.78 is 1.50. The van der Waals surface area contributed by atoms with Gasteiger partial charge < -0.3 is 10.6 Å². The van der Waals surface area contributed by atoms with Gasteiger partial charge in [0.1, 0.15) is 6.54 Å². The number of benzene rings is 1. The fraction of sp³-hybridized carbons (Fsp3) is 0.471. The van der Waals surface area contributed by atoms with Crippen molar-refractivity contribution in [1.29, 1.82) is 0 Å². The molecule has 0 saturated carbocycles. The molecule has 2 rings (SSSR count). The van der Waals surface area contributed by atoms with Crippen LogP contribution in [0, 0.1) is 0 Å². The van der Waals surface area contributed by atoms with Gasteiger partial charge in [-0.1, -0.05) is 51.1 Å². The number of carbonyl (C=O) groups excluding carboxylic acids is 2. The van der Waals surface area contributed by atoms with E-state index in [1.54, 1.807) is 4.90 Å². The Balaban J connectivity index is 2.14. The Morgan fingerprint density at radius 3 is 2.48 bits per heavy atom. The van der Waals surface area contributed by atoms with Gasteiger partial charge in [0, 0.05) is 24.9 Å². The number of nitrogens with zero attached hydrogens (tertiary/aromatic N) is 5. The van der Waals surface area contributed by atoms with E-state index in [1.165, 1.54) is 4.68 Å². The molecule has 0 aliphatic rings. The van der Waals surface area contributed by atoms with Crippen LogP contribution in [-0.2, 0) is 28.1 Å². The van der Waals surface area contributed by atoms with E-state index in [0.717, 1.165) is 5.56 Å². The standard InChI is InChI=1S/C17H24N6O2/c1-17(2,3)16-19-20-21-23(16)12-15(25)22(10-9-14(18)24)11-13-7-5-4-6-8-13/h4-8H,9-12H2,1-3H3,(H2,18,24). The van der Waals surface area contributed by atoms with Crippen molar-refractivity contribution in [1.82, 2.24) is 25.1 Å². The molecule has 0 aliphatic carbocycles. The first kappa shape index (κ1) is 18.6. The highest BCUT2D eigenvalue weighted by Crippen LogP contribution is 2.18. The molecule has 1 aromatic carbocycles. The quantitative estimate of drug-likeness (QED) is 0.802. The summed E-state index contributed by atoms with van der Waals surface area (Å²) in [6, 6.07) is 9.59. The van der Waals surface area contributed by atoms with Gasteiger partial charge in [-0.25, -0.2) is 4.68 Å². The Hall–Kier alpha value is -2.77. The Labute approximate surface area is 147 Å². The zero-order valence-electron chi connectivity index (χ0n) is 14.8. The third-order valence-corrected chi connectivity index (χ3v) is 3.68. The summed E-state index contributed by atoms with van der Waals surface area (Å²) in [5.41, 5.74) is 5.94. The van der Waals surface area contributed by atoms with Crippen LogP contribution in [0.15, 0.2) is 30.3 Å². The van der Waals surface area contributed by atoms with Gasteiger partial charge in [-0.05, 0) is 16.0 Å². The van der Waals surface area contributed by atoms with E-state index >= 15 is 0 Å². The number of amides is 2. The lowest BCUT2D eigenvalue weighted by Gasteiger charge is -2.23. The van der Waals surface area contributed by atoms with Crippen LogP contribution in [-0.4, -0.2) is 43.5 Å². The van der Waals surface area contributed by atoms with E-state index in [4.69, 9.17) is 5.73 Å². The van der Waals surface area contributed by atoms with Crippen LogP contribution in [0.4, 0.5) is 0 Å². The molecule has 2 amide bonds. The summed E-state index contributed by atoms with van der Waals surface area (Å²) in [5, 5.41) is 11.6. The Kier molecular flexibility index (Phi) is 5.84. The van der Waals surface area contributed by atoms with E-state index in [9.17, 15) is 9.59 Å². The minimum Gasteiger partial charge on any atom is -0.370 e. The maximum atomic E-state index is 12.8. The SMILES string of the molecule is CC(C)(C)c1nnnn1CC(=O)N(CCC(N)=O)Cc1ccccc1. The van der Waals surface area contributed by atoms with Gasteiger partial charge in [-0.15, -0.1) is 5.10 Å². The number of rotatable bonds is 7. The van der Waals surface area contributed by atoms with E-state index < -0.39 is 5.91 Å². The lowest BCUT2D eigenvalue weighted by molar-refractivity contribution is -0.133. The number of tetrazole rings is 1. The molecule has 2 aromatic rings. The van der Waals surface area contributed by atoms with Gasteiger partial charge in [-0.3, -0.25) is 9.59 Å². The van der Waals surface area contributed by atoms with Crippen molar-refractivity contribution in [3.63, 3.8) is 0 Å². The van der Waals surface area contributed by atoms with Crippen LogP contribution in [0.2, 0.25) is 0 Å². The van der Waals surface area contributed by atoms with E-state index in [1.807, 2.05) is 51.1 Å². The van der Waals surface area contributed by atoms with E-state index in [-0.39, 0.29) is 30.8 Å². The zero-order chi connectivity index (χ0) is 18.4. The topological polar surface area (TPSA) is 107 Å². The second kappa shape index (κ2) is 7.87. The molecule has 0 unspecified atom stereocenters. The van der Waals surface area contributed by atoms with E-state index in [2.05, 4.69) is 15.5 Å². The Morgan fingerprint density at radius 2 is 1.88 bits per heavy atom. The highest BCUT2D eigenvalue weighted by Gasteiger charge is 2.24. The van der Waals surface area contributed by atoms with Crippen molar-refractivity contribution in [2.75, 3.05) is 6.54 Å². The predicted molar refractivity (Wildman–Crippen MR) is 92.2 cm³/mol. The maximum Gasteiger partial charge on any atom is 0.244 e. The first-order chi connectivity index (χ1) is 11.8. The van der Waals surface area contributed by atoms with Gasteiger partial charge in [0.05, 0.1) is 0 Å². The highest BCUT2D eigenvalue weighted by molar-refractivity contribution is 5.78. The third-order valence-electron chi connectivity index (χ3n) is 3.68. The monoisotopic (exact) mass is 344 g/mol. The van der Waals surface area contributed by atoms with Crippen molar-refractivity contribution in [2.45, 2.75) is 45.7 Å². The normalized spacial score (nSPS) is 11.3. The van der Waals surface area contributed by atoms with Crippen LogP contribution >= 0.6 is 0 Å². The van der Waals surface area contributed by atoms with Crippen LogP contribution < -0.4 is 5.73 Å². The molecule has 0 saturated heterocycles. The number of hydrogen-bond donors (Lipinski definition) is 1. The van der Waals surface area contributed by atoms with Gasteiger partial charge in [0.15, 0.2) is 5.82 Å². The number of hydrogen-bond acceptors (Lipinski definition) is 5. The summed E-state index contributed by atoms with van der Waals surface area (Å²) >= 11 is 0. The zero-order valence-corrected chi connectivity index (χ0v) is 14.8. The van der Waals surface area contributed by atoms with Crippen molar-refractivity contribution >= 4 is 11.8 Å². The molecule has 8 nitrogen and oxygen atoms in total. The maximum absolute atomic E-state index is 12.8. The molecule has 1 aromatic heterocycles. The van der Waals surface area contributed by atoms with Gasteiger partial charge in [0.25, 0.3) is 0 Å². The number of aromatic nitrogens is 4. The van der Waals surface area contributed by atoms with Gasteiger partial charge in [0.2, 0.25) is 11.8 Å². The smallest absolute Gasteiger partial charge is 0.244 e. The molecule has 25 heavy (non-hydrogen) atoms. The Bertz CT molecular complexity index is 720. The minimum atomic E-state index is -0.441. The van der Waals surface area contributed by atoms with Gasteiger partial charge in [-0.2, -0.15) is 0 Å². The van der Waals surface area contributed by atoms with Crippen molar-refractivity contribution in [3.8, 4) is 0 Å². The molecule has 0 radical (unpaired) electrons. The molecule has 0 fully saturated rings. The minimum absolute atomic E-state index is 0.0190. The van der Waals surface area contributed by atoms with Crippen LogP contribution in [0.25, 0.3) is 0 Å². The second-order valence-electron chi connectivity index (χ2n) is 6.93. The fourth-order valence-corrected chi connectivity index (χ4v) is 2.42. The largest absolute Gasteiger partial charge is 0.370 e. The van der Waals surface area contributed by atoms with Crippen LogP contribution in [0.1, 0.15) is 38.6 Å². The molecule has 0 atom stereocenters. The molecule has 1 heterocycles. The van der Waals surface area contributed by atoms with Crippen molar-refractivity contribution < 1.29 is 9.59 Å². The first-order valence-corrected chi connectivity index (χ1v) is 8.14. The predicted octanol–water partition coefficient (Wildman–Crippen LogP) is 0.875. The number of nitrogens with two attached hydrogens (primary N) is 1. The summed E-state index contributed by atoms with van der Waals surface area (Å²) in [6.45, 7) is 6.62. The summed E-state index contributed by atoms with van der Waals surface area (Å²) in [5.74, 6) is 0.0296. The summed E-state index contributed by atoms with van der Waals surface area (Å²) in [6.07, 6.45) is 0.111. The average Bonchev–Trinajstić information content (AvgIpc) is 3.00. The summed E-state index contributed by atoms with van der Waals surface area (Å²) in [7, 11) is 0. The Morgan fingerprint density at radius 1 is 1.20 bits per heavy atom. The van der Waals surface area contributed by atoms with Crippen LogP contribution in [0.5, 0.6) is 0 Å². The first-order valence-electron chi connectivity index (χ1n) is 8.14. The highest BCUT2D eigenvalue weighted by atomic mass is 16.2. The molecular formula is C17H24N6O2. The molecule has 8 heteroatoms. The average molecular weight is 344 g/mol. The van der Waals surface area contributed by atoms with Crippen LogP contribution in [0.3, 0.4) is 0 Å². The number of carbonyl (C=O) groups is 2. The van der Waals surface area contributed by atoms with Crippen molar-refractivity contribution in [3.05, 3.63) is 41.7 Å². The number of primary amides is 1. The molecule has 0 bridgehead atoms. The lowest BCUT2D eigenvalue weighted by atomic mass is 9.96. The fourth-order valence-electron chi connectivity index (χ4n) is 2.42.